The summed E-state index contributed by atoms with van der Waals surface area (Å²) in [5.41, 5.74) is 5.32. The van der Waals surface area contributed by atoms with Crippen molar-refractivity contribution in [3.05, 3.63) is 0 Å². The molecule has 0 rings (SSSR count). The van der Waals surface area contributed by atoms with E-state index in [0.29, 0.717) is 24.4 Å². The van der Waals surface area contributed by atoms with Gasteiger partial charge in [0, 0.05) is 26.0 Å². The molecule has 0 radical (unpaired) electrons. The average Bonchev–Trinajstić information content (AvgIpc) is 1.98. The van der Waals surface area contributed by atoms with Gasteiger partial charge < -0.3 is 15.8 Å². The lowest BCUT2D eigenvalue weighted by atomic mass is 10.2. The minimum absolute atomic E-state index is 0.00172. The van der Waals surface area contributed by atoms with Crippen molar-refractivity contribution >= 4 is 23.1 Å². The van der Waals surface area contributed by atoms with Crippen LogP contribution >= 0.6 is 12.2 Å². The van der Waals surface area contributed by atoms with Crippen molar-refractivity contribution in [1.29, 1.82) is 0 Å². The Hall–Kier alpha value is -0.680. The van der Waals surface area contributed by atoms with Crippen LogP contribution in [0.5, 0.6) is 0 Å². The number of nitrogens with one attached hydrogen (secondary N) is 1. The van der Waals surface area contributed by atoms with Gasteiger partial charge in [0.25, 0.3) is 0 Å². The fraction of sp³-hybridized carbons (Fsp3) is 0.750. The Bertz CT molecular complexity index is 185. The molecular formula is C8H16N2O2S. The zero-order chi connectivity index (χ0) is 10.3. The van der Waals surface area contributed by atoms with E-state index in [-0.39, 0.29) is 11.9 Å². The van der Waals surface area contributed by atoms with Crippen molar-refractivity contribution in [2.75, 3.05) is 13.7 Å². The van der Waals surface area contributed by atoms with Crippen LogP contribution in [-0.4, -0.2) is 30.7 Å². The van der Waals surface area contributed by atoms with Crippen molar-refractivity contribution < 1.29 is 9.53 Å². The standard InChI is InChI=1S/C8H16N2O2S/c1-6(5-7(9)13)10-8(11)3-4-12-2/h6H,3-5H2,1-2H3,(H2,9,13)(H,10,11). The molecule has 5 heteroatoms. The topological polar surface area (TPSA) is 64.3 Å². The number of methoxy groups -OCH3 is 1. The van der Waals surface area contributed by atoms with Crippen LogP contribution < -0.4 is 11.1 Å². The number of hydrogen-bond acceptors (Lipinski definition) is 3. The Morgan fingerprint density at radius 2 is 2.31 bits per heavy atom. The van der Waals surface area contributed by atoms with Crippen molar-refractivity contribution in [3.63, 3.8) is 0 Å². The van der Waals surface area contributed by atoms with Gasteiger partial charge in [-0.15, -0.1) is 0 Å². The molecule has 0 heterocycles. The molecule has 0 fully saturated rings. The van der Waals surface area contributed by atoms with Gasteiger partial charge in [0.2, 0.25) is 5.91 Å². The lowest BCUT2D eigenvalue weighted by Gasteiger charge is -2.12. The third-order valence-electron chi connectivity index (χ3n) is 1.45. The predicted octanol–water partition coefficient (Wildman–Crippen LogP) is 0.204. The third-order valence-corrected chi connectivity index (χ3v) is 1.61. The second-order valence-electron chi connectivity index (χ2n) is 2.88. The Morgan fingerprint density at radius 3 is 2.77 bits per heavy atom. The summed E-state index contributed by atoms with van der Waals surface area (Å²) < 4.78 is 4.76. The van der Waals surface area contributed by atoms with Gasteiger partial charge in [-0.3, -0.25) is 4.79 Å². The normalized spacial score (nSPS) is 12.2. The van der Waals surface area contributed by atoms with Crippen LogP contribution in [-0.2, 0) is 9.53 Å². The summed E-state index contributed by atoms with van der Waals surface area (Å²) in [7, 11) is 1.56. The molecule has 1 atom stereocenters. The van der Waals surface area contributed by atoms with E-state index in [4.69, 9.17) is 22.7 Å². The van der Waals surface area contributed by atoms with E-state index in [1.165, 1.54) is 0 Å². The van der Waals surface area contributed by atoms with Crippen LogP contribution in [0.4, 0.5) is 0 Å². The van der Waals surface area contributed by atoms with Crippen molar-refractivity contribution in [2.24, 2.45) is 5.73 Å². The minimum atomic E-state index is -0.0365. The highest BCUT2D eigenvalue weighted by atomic mass is 32.1. The highest BCUT2D eigenvalue weighted by molar-refractivity contribution is 7.80. The molecule has 0 aromatic carbocycles. The molecule has 1 amide bonds. The first kappa shape index (κ1) is 12.3. The molecule has 0 aliphatic carbocycles. The molecule has 0 aromatic rings. The van der Waals surface area contributed by atoms with Crippen molar-refractivity contribution in [3.8, 4) is 0 Å². The van der Waals surface area contributed by atoms with E-state index in [1.54, 1.807) is 7.11 Å². The molecular weight excluding hydrogens is 188 g/mol. The van der Waals surface area contributed by atoms with Crippen LogP contribution in [0, 0.1) is 0 Å². The maximum Gasteiger partial charge on any atom is 0.222 e. The summed E-state index contributed by atoms with van der Waals surface area (Å²) >= 11 is 4.71. The Kier molecular flexibility index (Phi) is 6.44. The number of amides is 1. The average molecular weight is 204 g/mol. The zero-order valence-corrected chi connectivity index (χ0v) is 8.82. The first-order valence-electron chi connectivity index (χ1n) is 4.13. The summed E-state index contributed by atoms with van der Waals surface area (Å²) in [4.78, 5) is 11.5. The summed E-state index contributed by atoms with van der Waals surface area (Å²) in [6.07, 6.45) is 0.909. The second-order valence-corrected chi connectivity index (χ2v) is 3.41. The van der Waals surface area contributed by atoms with Gasteiger partial charge in [-0.2, -0.15) is 0 Å². The smallest absolute Gasteiger partial charge is 0.222 e. The largest absolute Gasteiger partial charge is 0.393 e. The van der Waals surface area contributed by atoms with Gasteiger partial charge in [0.15, 0.2) is 0 Å². The summed E-state index contributed by atoms with van der Waals surface area (Å²) in [6, 6.07) is 0.00172. The van der Waals surface area contributed by atoms with Crippen LogP contribution in [0.2, 0.25) is 0 Å². The number of nitrogens with two attached hydrogens (primary N) is 1. The van der Waals surface area contributed by atoms with Gasteiger partial charge in [-0.25, -0.2) is 0 Å². The van der Waals surface area contributed by atoms with Gasteiger partial charge in [-0.1, -0.05) is 12.2 Å². The fourth-order valence-corrected chi connectivity index (χ4v) is 1.14. The SMILES string of the molecule is COCCC(=O)NC(C)CC(N)=S. The van der Waals surface area contributed by atoms with E-state index >= 15 is 0 Å². The first-order chi connectivity index (χ1) is 6.06. The molecule has 3 N–H and O–H groups in total. The molecule has 1 unspecified atom stereocenters. The number of hydrogen-bond donors (Lipinski definition) is 2. The van der Waals surface area contributed by atoms with Crippen LogP contribution in [0.15, 0.2) is 0 Å². The van der Waals surface area contributed by atoms with E-state index in [9.17, 15) is 4.79 Å². The number of rotatable bonds is 6. The quantitative estimate of drug-likeness (QED) is 0.607. The van der Waals surface area contributed by atoms with E-state index in [0.717, 1.165) is 0 Å². The molecule has 0 aliphatic rings. The molecule has 0 aromatic heterocycles. The number of carbonyl (C=O) groups is 1. The summed E-state index contributed by atoms with van der Waals surface area (Å²) in [5, 5.41) is 2.76. The molecule has 13 heavy (non-hydrogen) atoms. The number of thiocarbonyl (C=S) groups is 1. The molecule has 76 valence electrons. The first-order valence-corrected chi connectivity index (χ1v) is 4.53. The van der Waals surface area contributed by atoms with E-state index in [2.05, 4.69) is 5.32 Å². The monoisotopic (exact) mass is 204 g/mol. The van der Waals surface area contributed by atoms with Gasteiger partial charge in [-0.05, 0) is 6.92 Å². The maximum absolute atomic E-state index is 11.1. The third kappa shape index (κ3) is 7.67. The van der Waals surface area contributed by atoms with Crippen molar-refractivity contribution in [2.45, 2.75) is 25.8 Å². The second kappa shape index (κ2) is 6.80. The minimum Gasteiger partial charge on any atom is -0.393 e. The molecule has 0 bridgehead atoms. The molecule has 0 saturated carbocycles. The predicted molar refractivity (Wildman–Crippen MR) is 55.5 cm³/mol. The summed E-state index contributed by atoms with van der Waals surface area (Å²) in [5.74, 6) is -0.0365. The molecule has 4 nitrogen and oxygen atoms in total. The zero-order valence-electron chi connectivity index (χ0n) is 8.00. The van der Waals surface area contributed by atoms with E-state index < -0.39 is 0 Å². The molecule has 0 aliphatic heterocycles. The highest BCUT2D eigenvalue weighted by Gasteiger charge is 2.07. The van der Waals surface area contributed by atoms with Crippen molar-refractivity contribution in [1.82, 2.24) is 5.32 Å². The molecule has 0 saturated heterocycles. The van der Waals surface area contributed by atoms with Crippen LogP contribution in [0.1, 0.15) is 19.8 Å². The summed E-state index contributed by atoms with van der Waals surface area (Å²) in [6.45, 7) is 2.30. The van der Waals surface area contributed by atoms with Gasteiger partial charge >= 0.3 is 0 Å². The van der Waals surface area contributed by atoms with E-state index in [1.807, 2.05) is 6.92 Å². The Balaban J connectivity index is 3.59. The van der Waals surface area contributed by atoms with Crippen LogP contribution in [0.3, 0.4) is 0 Å². The number of carbonyl (C=O) groups excluding carboxylic acids is 1. The number of ether oxygens (including phenoxy) is 1. The van der Waals surface area contributed by atoms with Gasteiger partial charge in [0.1, 0.15) is 0 Å². The maximum atomic E-state index is 11.1. The fourth-order valence-electron chi connectivity index (χ4n) is 0.895. The van der Waals surface area contributed by atoms with Gasteiger partial charge in [0.05, 0.1) is 11.6 Å². The lowest BCUT2D eigenvalue weighted by Crippen LogP contribution is -2.35. The Labute approximate surface area is 83.8 Å². The Morgan fingerprint density at radius 1 is 1.69 bits per heavy atom. The van der Waals surface area contributed by atoms with Crippen LogP contribution in [0.25, 0.3) is 0 Å². The lowest BCUT2D eigenvalue weighted by molar-refractivity contribution is -0.122. The highest BCUT2D eigenvalue weighted by Crippen LogP contribution is 1.92. The molecule has 0 spiro atoms.